The molecule has 0 unspecified atom stereocenters. The molecule has 2 heterocycles. The lowest BCUT2D eigenvalue weighted by Gasteiger charge is -2.24. The summed E-state index contributed by atoms with van der Waals surface area (Å²) in [6.07, 6.45) is 1.53. The molecule has 1 amide bonds. The Labute approximate surface area is 143 Å². The molecule has 0 bridgehead atoms. The highest BCUT2D eigenvalue weighted by molar-refractivity contribution is 8.16. The average molecular weight is 362 g/mol. The number of benzene rings is 1. The molecule has 0 atom stereocenters. The third-order valence-corrected chi connectivity index (χ3v) is 5.95. The van der Waals surface area contributed by atoms with Crippen molar-refractivity contribution in [2.75, 3.05) is 5.75 Å². The first kappa shape index (κ1) is 16.6. The number of aryl methyl sites for hydroxylation is 1. The van der Waals surface area contributed by atoms with Gasteiger partial charge in [-0.15, -0.1) is 0 Å². The molecule has 0 aliphatic carbocycles. The second-order valence-electron chi connectivity index (χ2n) is 5.22. The number of fused-ring (bicyclic) bond motifs is 1. The Kier molecular flexibility index (Phi) is 4.14. The van der Waals surface area contributed by atoms with Gasteiger partial charge in [0.1, 0.15) is 5.84 Å². The van der Waals surface area contributed by atoms with Crippen LogP contribution in [0.4, 0.5) is 0 Å². The fourth-order valence-electron chi connectivity index (χ4n) is 2.16. The molecule has 2 aliphatic heterocycles. The lowest BCUT2D eigenvalue weighted by molar-refractivity contribution is -0.114. The number of sulfone groups is 1. The van der Waals surface area contributed by atoms with Crippen LogP contribution in [0.1, 0.15) is 18.1 Å². The summed E-state index contributed by atoms with van der Waals surface area (Å²) >= 11 is 0.790. The number of carbonyl (C=O) groups excluding carboxylic acids is 1. The van der Waals surface area contributed by atoms with Crippen molar-refractivity contribution in [3.8, 4) is 0 Å². The zero-order chi connectivity index (χ0) is 17.5. The molecule has 0 spiro atoms. The van der Waals surface area contributed by atoms with Crippen molar-refractivity contribution in [1.82, 2.24) is 4.90 Å². The van der Waals surface area contributed by atoms with E-state index in [0.717, 1.165) is 28.0 Å². The number of carbonyl (C=O) groups is 1. The highest BCUT2D eigenvalue weighted by atomic mass is 32.2. The third-order valence-electron chi connectivity index (χ3n) is 3.54. The molecule has 7 nitrogen and oxygen atoms in total. The molecule has 1 N–H and O–H groups in total. The minimum Gasteiger partial charge on any atom is -0.283 e. The van der Waals surface area contributed by atoms with Crippen LogP contribution in [0.15, 0.2) is 39.2 Å². The van der Waals surface area contributed by atoms with Gasteiger partial charge in [-0.1, -0.05) is 36.8 Å². The molecule has 124 valence electrons. The van der Waals surface area contributed by atoms with Crippen LogP contribution in [0, 0.1) is 12.3 Å². The average Bonchev–Trinajstić information content (AvgIpc) is 2.98. The number of amides is 1. The number of nitrogens with one attached hydrogen (secondary N) is 1. The summed E-state index contributed by atoms with van der Waals surface area (Å²) < 4.78 is 28.2. The molecular formula is C15H14N4O3S2. The van der Waals surface area contributed by atoms with Crippen molar-refractivity contribution in [3.63, 3.8) is 0 Å². The van der Waals surface area contributed by atoms with E-state index in [0.29, 0.717) is 0 Å². The van der Waals surface area contributed by atoms with E-state index >= 15 is 0 Å². The van der Waals surface area contributed by atoms with E-state index < -0.39 is 15.7 Å². The van der Waals surface area contributed by atoms with Crippen LogP contribution in [0.5, 0.6) is 0 Å². The van der Waals surface area contributed by atoms with Crippen molar-refractivity contribution in [3.05, 3.63) is 41.0 Å². The van der Waals surface area contributed by atoms with E-state index in [1.165, 1.54) is 13.0 Å². The van der Waals surface area contributed by atoms with Crippen molar-refractivity contribution >= 4 is 49.9 Å². The van der Waals surface area contributed by atoms with Gasteiger partial charge >= 0.3 is 0 Å². The zero-order valence-corrected chi connectivity index (χ0v) is 14.6. The van der Waals surface area contributed by atoms with Crippen LogP contribution < -0.4 is 0 Å². The van der Waals surface area contributed by atoms with Crippen molar-refractivity contribution < 1.29 is 13.2 Å². The van der Waals surface area contributed by atoms with Crippen LogP contribution in [0.2, 0.25) is 0 Å². The third kappa shape index (κ3) is 2.80. The van der Waals surface area contributed by atoms with E-state index in [4.69, 9.17) is 5.41 Å². The second kappa shape index (κ2) is 5.99. The second-order valence-corrected chi connectivity index (χ2v) is 8.12. The Hall–Kier alpha value is -2.26. The number of aliphatic imine (C=N–C) groups is 1. The van der Waals surface area contributed by atoms with Gasteiger partial charge in [0.15, 0.2) is 0 Å². The highest BCUT2D eigenvalue weighted by Crippen LogP contribution is 2.30. The van der Waals surface area contributed by atoms with E-state index in [1.807, 2.05) is 31.2 Å². The Balaban J connectivity index is 2.04. The Morgan fingerprint density at radius 2 is 1.96 bits per heavy atom. The quantitative estimate of drug-likeness (QED) is 0.640. The molecule has 0 saturated carbocycles. The van der Waals surface area contributed by atoms with Crippen LogP contribution >= 0.6 is 11.9 Å². The lowest BCUT2D eigenvalue weighted by Crippen LogP contribution is -2.45. The van der Waals surface area contributed by atoms with Crippen LogP contribution in [-0.4, -0.2) is 41.1 Å². The first-order valence-electron chi connectivity index (χ1n) is 7.11. The molecule has 0 radical (unpaired) electrons. The monoisotopic (exact) mass is 362 g/mol. The minimum absolute atomic E-state index is 0.0316. The van der Waals surface area contributed by atoms with Crippen LogP contribution in [0.25, 0.3) is 6.08 Å². The molecule has 3 rings (SSSR count). The van der Waals surface area contributed by atoms with Gasteiger partial charge in [0, 0.05) is 0 Å². The Bertz CT molecular complexity index is 928. The number of hydrogen-bond donors (Lipinski definition) is 1. The molecule has 0 fully saturated rings. The summed E-state index contributed by atoms with van der Waals surface area (Å²) in [4.78, 5) is 17.2. The first-order chi connectivity index (χ1) is 11.3. The molecule has 2 aliphatic rings. The molecule has 0 saturated heterocycles. The predicted octanol–water partition coefficient (Wildman–Crippen LogP) is 2.01. The molecule has 9 heteroatoms. The standard InChI is InChI=1S/C15H14N4O3S2/c1-3-24(21,22)15-18-23-14-17-13(20)11(12(16)19(14)15)8-10-6-4-9(2)5-7-10/h4-8,16H,3H2,1-2H3/b11-8-,16-12?. The molecule has 24 heavy (non-hydrogen) atoms. The fourth-order valence-corrected chi connectivity index (χ4v) is 4.12. The summed E-state index contributed by atoms with van der Waals surface area (Å²) in [5, 5.41) is 8.12. The Morgan fingerprint density at radius 3 is 2.58 bits per heavy atom. The van der Waals surface area contributed by atoms with Crippen molar-refractivity contribution in [2.24, 2.45) is 9.39 Å². The summed E-state index contributed by atoms with van der Waals surface area (Å²) in [6.45, 7) is 3.44. The lowest BCUT2D eigenvalue weighted by atomic mass is 10.1. The van der Waals surface area contributed by atoms with Gasteiger partial charge in [0.2, 0.25) is 20.2 Å². The number of hydrogen-bond acceptors (Lipinski definition) is 6. The highest BCUT2D eigenvalue weighted by Gasteiger charge is 2.41. The van der Waals surface area contributed by atoms with Gasteiger partial charge in [-0.25, -0.2) is 13.3 Å². The van der Waals surface area contributed by atoms with Gasteiger partial charge in [-0.2, -0.15) is 9.39 Å². The van der Waals surface area contributed by atoms with Crippen LogP contribution in [0.3, 0.4) is 0 Å². The summed E-state index contributed by atoms with van der Waals surface area (Å²) in [6, 6.07) is 7.41. The van der Waals surface area contributed by atoms with E-state index in [-0.39, 0.29) is 27.5 Å². The molecule has 1 aromatic carbocycles. The normalized spacial score (nSPS) is 19.4. The van der Waals surface area contributed by atoms with Crippen molar-refractivity contribution in [1.29, 1.82) is 5.41 Å². The summed E-state index contributed by atoms with van der Waals surface area (Å²) in [5.41, 5.74) is 1.84. The summed E-state index contributed by atoms with van der Waals surface area (Å²) in [5.74, 6) is -0.954. The Morgan fingerprint density at radius 1 is 1.29 bits per heavy atom. The maximum Gasteiger partial charge on any atom is 0.283 e. The fraction of sp³-hybridized carbons (Fsp3) is 0.200. The number of rotatable bonds is 2. The SMILES string of the molecule is CCS(=O)(=O)C1=NSC2=NC(=O)/C(=C\c3ccc(C)cc3)C(=N)N21. The summed E-state index contributed by atoms with van der Waals surface area (Å²) in [7, 11) is -3.63. The van der Waals surface area contributed by atoms with Gasteiger partial charge in [-0.05, 0) is 18.6 Å². The van der Waals surface area contributed by atoms with E-state index in [2.05, 4.69) is 9.39 Å². The molecule has 0 aromatic heterocycles. The van der Waals surface area contributed by atoms with E-state index in [1.54, 1.807) is 0 Å². The minimum atomic E-state index is -3.63. The largest absolute Gasteiger partial charge is 0.283 e. The smallest absolute Gasteiger partial charge is 0.283 e. The maximum atomic E-state index is 12.2. The van der Waals surface area contributed by atoms with Gasteiger partial charge < -0.3 is 0 Å². The van der Waals surface area contributed by atoms with E-state index in [9.17, 15) is 13.2 Å². The number of amidine groups is 3. The number of nitrogens with zero attached hydrogens (tertiary/aromatic N) is 3. The van der Waals surface area contributed by atoms with Crippen molar-refractivity contribution in [2.45, 2.75) is 13.8 Å². The van der Waals surface area contributed by atoms with Gasteiger partial charge in [-0.3, -0.25) is 10.2 Å². The maximum absolute atomic E-state index is 12.2. The zero-order valence-electron chi connectivity index (χ0n) is 13.0. The molecular weight excluding hydrogens is 348 g/mol. The van der Waals surface area contributed by atoms with Gasteiger partial charge in [0.05, 0.1) is 23.3 Å². The predicted molar refractivity (Wildman–Crippen MR) is 95.7 cm³/mol. The first-order valence-corrected chi connectivity index (χ1v) is 9.54. The molecule has 1 aromatic rings. The topological polar surface area (TPSA) is 103 Å². The van der Waals surface area contributed by atoms with Crippen LogP contribution in [-0.2, 0) is 14.6 Å². The van der Waals surface area contributed by atoms with Gasteiger partial charge in [0.25, 0.3) is 5.91 Å².